The van der Waals surface area contributed by atoms with E-state index in [9.17, 15) is 9.59 Å². The maximum atomic E-state index is 12.1. The smallest absolute Gasteiger partial charge is 0.339 e. The van der Waals surface area contributed by atoms with Gasteiger partial charge in [0.25, 0.3) is 5.91 Å². The van der Waals surface area contributed by atoms with Gasteiger partial charge in [-0.05, 0) is 25.5 Å². The van der Waals surface area contributed by atoms with Crippen LogP contribution in [-0.2, 0) is 9.53 Å². The number of hydrogen-bond acceptors (Lipinski definition) is 4. The number of ether oxygens (including phenoxy) is 2. The van der Waals surface area contributed by atoms with E-state index < -0.39 is 11.6 Å². The van der Waals surface area contributed by atoms with Gasteiger partial charge in [-0.15, -0.1) is 0 Å². The summed E-state index contributed by atoms with van der Waals surface area (Å²) in [4.78, 5) is 23.1. The van der Waals surface area contributed by atoms with Gasteiger partial charge in [0, 0.05) is 18.9 Å². The summed E-state index contributed by atoms with van der Waals surface area (Å²) >= 11 is 0. The molecule has 1 atom stereocenters. The number of carboxylic acid groups (broad SMARTS) is 1. The SMILES string of the molecule is CCC(C)(OC)C(=O)Nc1ccc(C(=O)O)c(OC)c1. The first kappa shape index (κ1) is 16.0. The topological polar surface area (TPSA) is 84.9 Å². The number of hydrogen-bond donors (Lipinski definition) is 2. The summed E-state index contributed by atoms with van der Waals surface area (Å²) in [5.41, 5.74) is -0.442. The monoisotopic (exact) mass is 281 g/mol. The van der Waals surface area contributed by atoms with Crippen molar-refractivity contribution in [3.8, 4) is 5.75 Å². The number of anilines is 1. The third-order valence-electron chi connectivity index (χ3n) is 3.30. The first-order chi connectivity index (χ1) is 9.37. The number of carboxylic acids is 1. The minimum Gasteiger partial charge on any atom is -0.496 e. The van der Waals surface area contributed by atoms with Crippen LogP contribution in [0, 0.1) is 0 Å². The number of benzene rings is 1. The van der Waals surface area contributed by atoms with E-state index in [1.807, 2.05) is 6.92 Å². The second-order valence-corrected chi connectivity index (χ2v) is 4.46. The average Bonchev–Trinajstić information content (AvgIpc) is 2.45. The lowest BCUT2D eigenvalue weighted by molar-refractivity contribution is -0.136. The van der Waals surface area contributed by atoms with Gasteiger partial charge in [0.15, 0.2) is 0 Å². The first-order valence-corrected chi connectivity index (χ1v) is 6.16. The third kappa shape index (κ3) is 3.27. The highest BCUT2D eigenvalue weighted by molar-refractivity contribution is 5.98. The molecule has 0 saturated heterocycles. The molecule has 1 aromatic rings. The van der Waals surface area contributed by atoms with Crippen LogP contribution in [0.2, 0.25) is 0 Å². The molecule has 0 aliphatic rings. The second-order valence-electron chi connectivity index (χ2n) is 4.46. The summed E-state index contributed by atoms with van der Waals surface area (Å²) in [6.07, 6.45) is 0.514. The van der Waals surface area contributed by atoms with E-state index in [1.54, 1.807) is 6.92 Å². The molecule has 1 amide bonds. The van der Waals surface area contributed by atoms with Crippen molar-refractivity contribution in [2.45, 2.75) is 25.9 Å². The minimum absolute atomic E-state index is 0.0375. The van der Waals surface area contributed by atoms with E-state index in [2.05, 4.69) is 5.32 Å². The van der Waals surface area contributed by atoms with E-state index in [0.29, 0.717) is 12.1 Å². The molecule has 1 unspecified atom stereocenters. The van der Waals surface area contributed by atoms with Crippen molar-refractivity contribution in [1.82, 2.24) is 0 Å². The van der Waals surface area contributed by atoms with Gasteiger partial charge in [0.2, 0.25) is 0 Å². The molecule has 1 aromatic carbocycles. The van der Waals surface area contributed by atoms with Crippen LogP contribution >= 0.6 is 0 Å². The molecule has 0 fully saturated rings. The quantitative estimate of drug-likeness (QED) is 0.834. The van der Waals surface area contributed by atoms with Gasteiger partial charge in [-0.2, -0.15) is 0 Å². The molecule has 6 heteroatoms. The van der Waals surface area contributed by atoms with E-state index in [0.717, 1.165) is 0 Å². The number of rotatable bonds is 6. The molecule has 6 nitrogen and oxygen atoms in total. The molecule has 0 aromatic heterocycles. The molecular weight excluding hydrogens is 262 g/mol. The number of methoxy groups -OCH3 is 2. The molecular formula is C14H19NO5. The summed E-state index contributed by atoms with van der Waals surface area (Å²) in [5.74, 6) is -1.20. The molecule has 0 radical (unpaired) electrons. The molecule has 2 N–H and O–H groups in total. The Morgan fingerprint density at radius 3 is 2.45 bits per heavy atom. The summed E-state index contributed by atoms with van der Waals surface area (Å²) < 4.78 is 10.2. The Labute approximate surface area is 117 Å². The van der Waals surface area contributed by atoms with E-state index in [-0.39, 0.29) is 17.2 Å². The maximum Gasteiger partial charge on any atom is 0.339 e. The lowest BCUT2D eigenvalue weighted by Crippen LogP contribution is -2.41. The second kappa shape index (κ2) is 6.38. The fourth-order valence-corrected chi connectivity index (χ4v) is 1.61. The Morgan fingerprint density at radius 1 is 1.35 bits per heavy atom. The van der Waals surface area contributed by atoms with Gasteiger partial charge < -0.3 is 19.9 Å². The van der Waals surface area contributed by atoms with Gasteiger partial charge in [-0.3, -0.25) is 4.79 Å². The molecule has 0 bridgehead atoms. The zero-order valence-corrected chi connectivity index (χ0v) is 12.0. The van der Waals surface area contributed by atoms with Gasteiger partial charge in [0.1, 0.15) is 16.9 Å². The standard InChI is InChI=1S/C14H19NO5/c1-5-14(2,20-4)13(18)15-9-6-7-10(12(16)17)11(8-9)19-3/h6-8H,5H2,1-4H3,(H,15,18)(H,16,17). The Morgan fingerprint density at radius 2 is 2.00 bits per heavy atom. The number of nitrogens with one attached hydrogen (secondary N) is 1. The van der Waals surface area contributed by atoms with E-state index in [4.69, 9.17) is 14.6 Å². The van der Waals surface area contributed by atoms with Crippen LogP contribution < -0.4 is 10.1 Å². The third-order valence-corrected chi connectivity index (χ3v) is 3.30. The van der Waals surface area contributed by atoms with Crippen molar-refractivity contribution in [2.24, 2.45) is 0 Å². The summed E-state index contributed by atoms with van der Waals surface area (Å²) in [6.45, 7) is 3.53. The molecule has 110 valence electrons. The Hall–Kier alpha value is -2.08. The molecule has 0 spiro atoms. The number of carbonyl (C=O) groups is 2. The fourth-order valence-electron chi connectivity index (χ4n) is 1.61. The largest absolute Gasteiger partial charge is 0.496 e. The first-order valence-electron chi connectivity index (χ1n) is 6.16. The molecule has 0 saturated carbocycles. The molecule has 0 aliphatic heterocycles. The zero-order chi connectivity index (χ0) is 15.3. The van der Waals surface area contributed by atoms with Crippen molar-refractivity contribution in [2.75, 3.05) is 19.5 Å². The molecule has 0 heterocycles. The summed E-state index contributed by atoms with van der Waals surface area (Å²) in [5, 5.41) is 11.7. The van der Waals surface area contributed by atoms with Crippen LogP contribution in [-0.4, -0.2) is 36.8 Å². The predicted molar refractivity (Wildman–Crippen MR) is 74.3 cm³/mol. The predicted octanol–water partition coefficient (Wildman–Crippen LogP) is 2.15. The van der Waals surface area contributed by atoms with Crippen LogP contribution in [0.3, 0.4) is 0 Å². The molecule has 20 heavy (non-hydrogen) atoms. The van der Waals surface area contributed by atoms with Crippen LogP contribution in [0.4, 0.5) is 5.69 Å². The van der Waals surface area contributed by atoms with Gasteiger partial charge in [0.05, 0.1) is 7.11 Å². The van der Waals surface area contributed by atoms with Crippen LogP contribution in [0.15, 0.2) is 18.2 Å². The Bertz CT molecular complexity index is 508. The highest BCUT2D eigenvalue weighted by atomic mass is 16.5. The molecule has 1 rings (SSSR count). The van der Waals surface area contributed by atoms with Crippen LogP contribution in [0.1, 0.15) is 30.6 Å². The fraction of sp³-hybridized carbons (Fsp3) is 0.429. The number of aromatic carboxylic acids is 1. The van der Waals surface area contributed by atoms with Crippen LogP contribution in [0.5, 0.6) is 5.75 Å². The average molecular weight is 281 g/mol. The maximum absolute atomic E-state index is 12.1. The number of amides is 1. The van der Waals surface area contributed by atoms with Crippen molar-refractivity contribution in [1.29, 1.82) is 0 Å². The zero-order valence-electron chi connectivity index (χ0n) is 12.0. The van der Waals surface area contributed by atoms with Gasteiger partial charge in [-0.25, -0.2) is 4.79 Å². The van der Waals surface area contributed by atoms with Crippen molar-refractivity contribution < 1.29 is 24.2 Å². The van der Waals surface area contributed by atoms with Crippen molar-refractivity contribution in [3.63, 3.8) is 0 Å². The Kier molecular flexibility index (Phi) is 5.10. The number of carbonyl (C=O) groups excluding carboxylic acids is 1. The lowest BCUT2D eigenvalue weighted by atomic mass is 10.0. The Balaban J connectivity index is 3.00. The highest BCUT2D eigenvalue weighted by Gasteiger charge is 2.31. The van der Waals surface area contributed by atoms with E-state index in [1.165, 1.54) is 32.4 Å². The van der Waals surface area contributed by atoms with Crippen molar-refractivity contribution in [3.05, 3.63) is 23.8 Å². The van der Waals surface area contributed by atoms with Crippen LogP contribution in [0.25, 0.3) is 0 Å². The molecule has 0 aliphatic carbocycles. The minimum atomic E-state index is -1.09. The van der Waals surface area contributed by atoms with Crippen molar-refractivity contribution >= 4 is 17.6 Å². The normalized spacial score (nSPS) is 13.4. The highest BCUT2D eigenvalue weighted by Crippen LogP contribution is 2.24. The van der Waals surface area contributed by atoms with E-state index >= 15 is 0 Å². The van der Waals surface area contributed by atoms with Gasteiger partial charge >= 0.3 is 5.97 Å². The summed E-state index contributed by atoms with van der Waals surface area (Å²) in [7, 11) is 2.84. The van der Waals surface area contributed by atoms with Gasteiger partial charge in [-0.1, -0.05) is 6.92 Å². The lowest BCUT2D eigenvalue weighted by Gasteiger charge is -2.25. The summed E-state index contributed by atoms with van der Waals surface area (Å²) in [6, 6.07) is 4.36.